The topological polar surface area (TPSA) is 62.1 Å². The van der Waals surface area contributed by atoms with Crippen LogP contribution in [0.3, 0.4) is 0 Å². The zero-order valence-corrected chi connectivity index (χ0v) is 12.7. The second-order valence-electron chi connectivity index (χ2n) is 4.35. The van der Waals surface area contributed by atoms with E-state index in [1.54, 1.807) is 24.3 Å². The summed E-state index contributed by atoms with van der Waals surface area (Å²) < 4.78 is 5.38. The van der Waals surface area contributed by atoms with Crippen molar-refractivity contribution < 1.29 is 9.53 Å². The fourth-order valence-electron chi connectivity index (χ4n) is 1.62. The lowest BCUT2D eigenvalue weighted by Gasteiger charge is -2.14. The monoisotopic (exact) mass is 292 g/mol. The van der Waals surface area contributed by atoms with Crippen LogP contribution >= 0.6 is 11.8 Å². The first-order valence-electron chi connectivity index (χ1n) is 6.66. The number of nitrogens with zero attached hydrogens (tertiary/aromatic N) is 1. The van der Waals surface area contributed by atoms with Gasteiger partial charge >= 0.3 is 0 Å². The number of nitrogens with one attached hydrogen (secondary N) is 1. The van der Waals surface area contributed by atoms with Gasteiger partial charge in [0, 0.05) is 6.04 Å². The normalized spacial score (nSPS) is 11.4. The Morgan fingerprint density at radius 2 is 2.25 bits per heavy atom. The highest BCUT2D eigenvalue weighted by molar-refractivity contribution is 7.99. The van der Waals surface area contributed by atoms with Crippen LogP contribution in [-0.4, -0.2) is 30.1 Å². The van der Waals surface area contributed by atoms with Gasteiger partial charge in [0.1, 0.15) is 11.8 Å². The number of rotatable bonds is 8. The molecular formula is C15H20N2O2S. The van der Waals surface area contributed by atoms with Gasteiger partial charge < -0.3 is 10.1 Å². The van der Waals surface area contributed by atoms with Crippen molar-refractivity contribution in [3.8, 4) is 11.8 Å². The van der Waals surface area contributed by atoms with Crippen LogP contribution in [0.4, 0.5) is 0 Å². The van der Waals surface area contributed by atoms with Crippen molar-refractivity contribution in [3.63, 3.8) is 0 Å². The van der Waals surface area contributed by atoms with Gasteiger partial charge in [-0.1, -0.05) is 19.1 Å². The van der Waals surface area contributed by atoms with Crippen LogP contribution in [0.2, 0.25) is 0 Å². The summed E-state index contributed by atoms with van der Waals surface area (Å²) >= 11 is 1.86. The molecule has 0 spiro atoms. The molecule has 20 heavy (non-hydrogen) atoms. The number of benzene rings is 1. The Morgan fingerprint density at radius 3 is 2.95 bits per heavy atom. The molecule has 108 valence electrons. The van der Waals surface area contributed by atoms with E-state index in [0.717, 1.165) is 17.9 Å². The van der Waals surface area contributed by atoms with Gasteiger partial charge in [-0.15, -0.1) is 0 Å². The van der Waals surface area contributed by atoms with Crippen LogP contribution in [0.1, 0.15) is 25.8 Å². The summed E-state index contributed by atoms with van der Waals surface area (Å²) in [5.41, 5.74) is 0.438. The number of amides is 1. The van der Waals surface area contributed by atoms with E-state index in [1.165, 1.54) is 0 Å². The lowest BCUT2D eigenvalue weighted by molar-refractivity contribution is -0.123. The van der Waals surface area contributed by atoms with Crippen LogP contribution < -0.4 is 10.1 Å². The maximum absolute atomic E-state index is 11.7. The number of thioether (sulfide) groups is 1. The van der Waals surface area contributed by atoms with Crippen molar-refractivity contribution in [3.05, 3.63) is 29.8 Å². The SMILES string of the molecule is CCSCCC(C)NC(=O)COc1ccccc1C#N. The van der Waals surface area contributed by atoms with Crippen LogP contribution in [0.15, 0.2) is 24.3 Å². The molecule has 1 aromatic rings. The number of hydrogen-bond acceptors (Lipinski definition) is 4. The molecule has 0 saturated carbocycles. The third-order valence-corrected chi connectivity index (χ3v) is 3.61. The molecule has 0 fully saturated rings. The number of ether oxygens (including phenoxy) is 1. The molecule has 5 heteroatoms. The summed E-state index contributed by atoms with van der Waals surface area (Å²) in [7, 11) is 0. The van der Waals surface area contributed by atoms with Gasteiger partial charge in [-0.2, -0.15) is 17.0 Å². The second kappa shape index (κ2) is 9.27. The van der Waals surface area contributed by atoms with E-state index in [4.69, 9.17) is 10.00 Å². The highest BCUT2D eigenvalue weighted by atomic mass is 32.2. The smallest absolute Gasteiger partial charge is 0.258 e. The van der Waals surface area contributed by atoms with E-state index < -0.39 is 0 Å². The van der Waals surface area contributed by atoms with Crippen LogP contribution in [0, 0.1) is 11.3 Å². The van der Waals surface area contributed by atoms with Crippen molar-refractivity contribution in [1.29, 1.82) is 5.26 Å². The van der Waals surface area contributed by atoms with Crippen LogP contribution in [-0.2, 0) is 4.79 Å². The Balaban J connectivity index is 2.34. The minimum Gasteiger partial charge on any atom is -0.482 e. The lowest BCUT2D eigenvalue weighted by Crippen LogP contribution is -2.36. The molecular weight excluding hydrogens is 272 g/mol. The predicted octanol–water partition coefficient (Wildman–Crippen LogP) is 2.58. The minimum atomic E-state index is -0.160. The Hall–Kier alpha value is -1.67. The highest BCUT2D eigenvalue weighted by Gasteiger charge is 2.09. The summed E-state index contributed by atoms with van der Waals surface area (Å²) in [5, 5.41) is 11.8. The molecule has 0 aromatic heterocycles. The van der Waals surface area contributed by atoms with Crippen molar-refractivity contribution in [1.82, 2.24) is 5.32 Å². The first kappa shape index (κ1) is 16.4. The summed E-state index contributed by atoms with van der Waals surface area (Å²) in [4.78, 5) is 11.7. The van der Waals surface area contributed by atoms with Gasteiger partial charge in [-0.05, 0) is 37.0 Å². The van der Waals surface area contributed by atoms with E-state index in [-0.39, 0.29) is 18.6 Å². The molecule has 0 radical (unpaired) electrons. The third-order valence-electron chi connectivity index (χ3n) is 2.67. The van der Waals surface area contributed by atoms with Gasteiger partial charge in [0.05, 0.1) is 5.56 Å². The minimum absolute atomic E-state index is 0.0655. The van der Waals surface area contributed by atoms with E-state index >= 15 is 0 Å². The molecule has 1 atom stereocenters. The largest absolute Gasteiger partial charge is 0.482 e. The molecule has 1 rings (SSSR count). The number of hydrogen-bond donors (Lipinski definition) is 1. The molecule has 4 nitrogen and oxygen atoms in total. The number of carbonyl (C=O) groups is 1. The predicted molar refractivity (Wildman–Crippen MR) is 81.9 cm³/mol. The van der Waals surface area contributed by atoms with E-state index in [2.05, 4.69) is 12.2 Å². The molecule has 0 bridgehead atoms. The van der Waals surface area contributed by atoms with Crippen molar-refractivity contribution in [2.24, 2.45) is 0 Å². The molecule has 1 N–H and O–H groups in total. The van der Waals surface area contributed by atoms with Crippen LogP contribution in [0.5, 0.6) is 5.75 Å². The number of para-hydroxylation sites is 1. The van der Waals surface area contributed by atoms with Gasteiger partial charge in [-0.3, -0.25) is 4.79 Å². The van der Waals surface area contributed by atoms with Crippen molar-refractivity contribution >= 4 is 17.7 Å². The van der Waals surface area contributed by atoms with E-state index in [1.807, 2.05) is 24.8 Å². The molecule has 0 aliphatic heterocycles. The highest BCUT2D eigenvalue weighted by Crippen LogP contribution is 2.16. The van der Waals surface area contributed by atoms with E-state index in [0.29, 0.717) is 11.3 Å². The maximum Gasteiger partial charge on any atom is 0.258 e. The van der Waals surface area contributed by atoms with Crippen LogP contribution in [0.25, 0.3) is 0 Å². The average Bonchev–Trinajstić information content (AvgIpc) is 2.45. The van der Waals surface area contributed by atoms with Crippen molar-refractivity contribution in [2.75, 3.05) is 18.1 Å². The third kappa shape index (κ3) is 5.98. The Bertz CT molecular complexity index is 471. The molecule has 1 amide bonds. The first-order valence-corrected chi connectivity index (χ1v) is 7.81. The average molecular weight is 292 g/mol. The molecule has 0 aliphatic rings. The summed E-state index contributed by atoms with van der Waals surface area (Å²) in [6, 6.07) is 9.06. The molecule has 0 saturated heterocycles. The summed E-state index contributed by atoms with van der Waals surface area (Å²) in [6.07, 6.45) is 0.943. The van der Waals surface area contributed by atoms with Gasteiger partial charge in [0.25, 0.3) is 5.91 Å². The number of nitriles is 1. The fourth-order valence-corrected chi connectivity index (χ4v) is 2.43. The zero-order chi connectivity index (χ0) is 14.8. The number of carbonyl (C=O) groups excluding carboxylic acids is 1. The van der Waals surface area contributed by atoms with Gasteiger partial charge in [0.15, 0.2) is 6.61 Å². The summed E-state index contributed by atoms with van der Waals surface area (Å²) in [6.45, 7) is 4.04. The van der Waals surface area contributed by atoms with Crippen molar-refractivity contribution in [2.45, 2.75) is 26.3 Å². The van der Waals surface area contributed by atoms with Gasteiger partial charge in [0.2, 0.25) is 0 Å². The quantitative estimate of drug-likeness (QED) is 0.748. The fraction of sp³-hybridized carbons (Fsp3) is 0.467. The Morgan fingerprint density at radius 1 is 1.50 bits per heavy atom. The Kier molecular flexibility index (Phi) is 7.59. The van der Waals surface area contributed by atoms with Gasteiger partial charge in [-0.25, -0.2) is 0 Å². The molecule has 0 heterocycles. The summed E-state index contributed by atoms with van der Waals surface area (Å²) in [5.74, 6) is 2.41. The zero-order valence-electron chi connectivity index (χ0n) is 11.9. The van der Waals surface area contributed by atoms with E-state index in [9.17, 15) is 4.79 Å². The lowest BCUT2D eigenvalue weighted by atomic mass is 10.2. The first-order chi connectivity index (χ1) is 9.67. The second-order valence-corrected chi connectivity index (χ2v) is 5.74. The Labute approximate surface area is 124 Å². The molecule has 1 aromatic carbocycles. The molecule has 1 unspecified atom stereocenters. The standard InChI is InChI=1S/C15H20N2O2S/c1-3-20-9-8-12(2)17-15(18)11-19-14-7-5-4-6-13(14)10-16/h4-7,12H,3,8-9,11H2,1-2H3,(H,17,18). The molecule has 0 aliphatic carbocycles. The maximum atomic E-state index is 11.7.